The van der Waals surface area contributed by atoms with Crippen LogP contribution in [0.3, 0.4) is 0 Å². The molecule has 0 unspecified atom stereocenters. The highest BCUT2D eigenvalue weighted by molar-refractivity contribution is 7.10. The van der Waals surface area contributed by atoms with Gasteiger partial charge in [-0.05, 0) is 18.5 Å². The first kappa shape index (κ1) is 11.8. The molecule has 0 spiro atoms. The van der Waals surface area contributed by atoms with Crippen molar-refractivity contribution in [1.29, 1.82) is 0 Å². The molecule has 0 aliphatic rings. The number of anilines is 2. The minimum absolute atomic E-state index is 0.0591. The Morgan fingerprint density at radius 3 is 2.47 bits per heavy atom. The smallest absolute Gasteiger partial charge is 0.241 e. The first-order valence-corrected chi connectivity index (χ1v) is 5.34. The molecule has 5 nitrogen and oxygen atoms in total. The Labute approximate surface area is 93.6 Å². The number of aromatic nitrogens is 1. The van der Waals surface area contributed by atoms with E-state index in [9.17, 15) is 4.79 Å². The summed E-state index contributed by atoms with van der Waals surface area (Å²) in [6.45, 7) is 2.25. The third-order valence-corrected chi connectivity index (χ3v) is 3.23. The number of amides is 1. The molecule has 0 bridgehead atoms. The van der Waals surface area contributed by atoms with Crippen LogP contribution in [-0.2, 0) is 4.79 Å². The molecule has 15 heavy (non-hydrogen) atoms. The van der Waals surface area contributed by atoms with Crippen molar-refractivity contribution < 1.29 is 4.79 Å². The standard InChI is InChI=1S/C9H16N4OS/c1-6-8(10)11-15-9(6)13(4)5-7(14)12(2)3/h5H2,1-4H3,(H2,10,11). The van der Waals surface area contributed by atoms with E-state index >= 15 is 0 Å². The fourth-order valence-corrected chi connectivity index (χ4v) is 1.88. The molecule has 0 saturated heterocycles. The summed E-state index contributed by atoms with van der Waals surface area (Å²) >= 11 is 1.32. The van der Waals surface area contributed by atoms with Crippen LogP contribution in [0.5, 0.6) is 0 Å². The van der Waals surface area contributed by atoms with Crippen molar-refractivity contribution in [3.8, 4) is 0 Å². The van der Waals surface area contributed by atoms with Gasteiger partial charge in [0.2, 0.25) is 5.91 Å². The Morgan fingerprint density at radius 1 is 1.47 bits per heavy atom. The van der Waals surface area contributed by atoms with Crippen molar-refractivity contribution in [3.05, 3.63) is 5.56 Å². The molecule has 0 aliphatic heterocycles. The van der Waals surface area contributed by atoms with Crippen LogP contribution < -0.4 is 10.6 Å². The maximum Gasteiger partial charge on any atom is 0.241 e. The minimum Gasteiger partial charge on any atom is -0.383 e. The first-order chi connectivity index (χ1) is 6.93. The summed E-state index contributed by atoms with van der Waals surface area (Å²) in [6.07, 6.45) is 0. The molecular formula is C9H16N4OS. The van der Waals surface area contributed by atoms with Gasteiger partial charge >= 0.3 is 0 Å². The van der Waals surface area contributed by atoms with E-state index in [0.29, 0.717) is 12.4 Å². The Balaban J connectivity index is 2.73. The maximum atomic E-state index is 11.5. The second kappa shape index (κ2) is 4.48. The van der Waals surface area contributed by atoms with Crippen LogP contribution in [0.1, 0.15) is 5.56 Å². The molecule has 0 fully saturated rings. The van der Waals surface area contributed by atoms with Gasteiger partial charge in [0.15, 0.2) is 0 Å². The second-order valence-electron chi connectivity index (χ2n) is 3.64. The van der Waals surface area contributed by atoms with Crippen LogP contribution in [0.2, 0.25) is 0 Å². The number of likely N-dealkylation sites (N-methyl/N-ethyl adjacent to an activating group) is 2. The monoisotopic (exact) mass is 228 g/mol. The molecule has 84 valence electrons. The zero-order valence-electron chi connectivity index (χ0n) is 9.44. The van der Waals surface area contributed by atoms with Gasteiger partial charge in [-0.15, -0.1) is 0 Å². The van der Waals surface area contributed by atoms with Crippen LogP contribution >= 0.6 is 11.5 Å². The number of rotatable bonds is 3. The van der Waals surface area contributed by atoms with Gasteiger partial charge in [0.1, 0.15) is 10.8 Å². The van der Waals surface area contributed by atoms with Crippen LogP contribution in [0.4, 0.5) is 10.8 Å². The van der Waals surface area contributed by atoms with E-state index in [4.69, 9.17) is 5.73 Å². The molecule has 1 aromatic heterocycles. The minimum atomic E-state index is 0.0591. The Kier molecular flexibility index (Phi) is 3.52. The van der Waals surface area contributed by atoms with Crippen molar-refractivity contribution in [1.82, 2.24) is 9.27 Å². The van der Waals surface area contributed by atoms with Gasteiger partial charge in [0.25, 0.3) is 0 Å². The van der Waals surface area contributed by atoms with Gasteiger partial charge in [0.05, 0.1) is 6.54 Å². The molecule has 2 N–H and O–H groups in total. The fourth-order valence-electron chi connectivity index (χ4n) is 1.11. The lowest BCUT2D eigenvalue weighted by Gasteiger charge is -2.19. The van der Waals surface area contributed by atoms with Crippen LogP contribution in [-0.4, -0.2) is 42.9 Å². The topological polar surface area (TPSA) is 62.5 Å². The lowest BCUT2D eigenvalue weighted by Crippen LogP contribution is -2.34. The predicted molar refractivity (Wildman–Crippen MR) is 63.2 cm³/mol. The fraction of sp³-hybridized carbons (Fsp3) is 0.556. The van der Waals surface area contributed by atoms with Crippen molar-refractivity contribution >= 4 is 28.3 Å². The quantitative estimate of drug-likeness (QED) is 0.821. The summed E-state index contributed by atoms with van der Waals surface area (Å²) in [7, 11) is 5.34. The molecule has 6 heteroatoms. The molecule has 0 atom stereocenters. The van der Waals surface area contributed by atoms with Gasteiger partial charge in [-0.3, -0.25) is 4.79 Å². The molecular weight excluding hydrogens is 212 g/mol. The lowest BCUT2D eigenvalue weighted by molar-refractivity contribution is -0.127. The molecule has 0 aliphatic carbocycles. The molecule has 0 radical (unpaired) electrons. The number of hydrogen-bond acceptors (Lipinski definition) is 5. The number of nitrogens with zero attached hydrogens (tertiary/aromatic N) is 3. The average molecular weight is 228 g/mol. The summed E-state index contributed by atoms with van der Waals surface area (Å²) in [5.41, 5.74) is 6.59. The highest BCUT2D eigenvalue weighted by Gasteiger charge is 2.14. The number of hydrogen-bond donors (Lipinski definition) is 1. The van der Waals surface area contributed by atoms with Crippen LogP contribution in [0.25, 0.3) is 0 Å². The van der Waals surface area contributed by atoms with Gasteiger partial charge < -0.3 is 15.5 Å². The van der Waals surface area contributed by atoms with Gasteiger partial charge in [-0.25, -0.2) is 0 Å². The zero-order valence-corrected chi connectivity index (χ0v) is 10.3. The number of nitrogen functional groups attached to an aromatic ring is 1. The highest BCUT2D eigenvalue weighted by Crippen LogP contribution is 2.28. The van der Waals surface area contributed by atoms with E-state index in [2.05, 4.69) is 4.37 Å². The Bertz CT molecular complexity index is 361. The van der Waals surface area contributed by atoms with E-state index < -0.39 is 0 Å². The summed E-state index contributed by atoms with van der Waals surface area (Å²) in [5, 5.41) is 0.947. The molecule has 0 aromatic carbocycles. The van der Waals surface area contributed by atoms with E-state index in [1.165, 1.54) is 11.5 Å². The van der Waals surface area contributed by atoms with Crippen LogP contribution in [0, 0.1) is 6.92 Å². The van der Waals surface area contributed by atoms with Gasteiger partial charge in [-0.1, -0.05) is 0 Å². The number of nitrogens with two attached hydrogens (primary N) is 1. The van der Waals surface area contributed by atoms with Crippen molar-refractivity contribution in [2.45, 2.75) is 6.92 Å². The molecule has 1 heterocycles. The summed E-state index contributed by atoms with van der Waals surface area (Å²) in [6, 6.07) is 0. The predicted octanol–water partition coefficient (Wildman–Crippen LogP) is 0.558. The molecule has 1 rings (SSSR count). The van der Waals surface area contributed by atoms with Crippen LogP contribution in [0.15, 0.2) is 0 Å². The largest absolute Gasteiger partial charge is 0.383 e. The third-order valence-electron chi connectivity index (χ3n) is 2.15. The molecule has 1 amide bonds. The third kappa shape index (κ3) is 2.59. The SMILES string of the molecule is Cc1c(N)nsc1N(C)CC(=O)N(C)C. The Hall–Kier alpha value is -1.30. The zero-order chi connectivity index (χ0) is 11.6. The summed E-state index contributed by atoms with van der Waals surface area (Å²) in [4.78, 5) is 14.9. The average Bonchev–Trinajstić information content (AvgIpc) is 2.47. The van der Waals surface area contributed by atoms with Gasteiger partial charge in [-0.2, -0.15) is 4.37 Å². The summed E-state index contributed by atoms with van der Waals surface area (Å²) in [5.74, 6) is 0.600. The van der Waals surface area contributed by atoms with E-state index in [0.717, 1.165) is 10.6 Å². The van der Waals surface area contributed by atoms with Crippen molar-refractivity contribution in [2.24, 2.45) is 0 Å². The van der Waals surface area contributed by atoms with E-state index in [1.54, 1.807) is 19.0 Å². The maximum absolute atomic E-state index is 11.5. The van der Waals surface area contributed by atoms with Crippen molar-refractivity contribution in [3.63, 3.8) is 0 Å². The van der Waals surface area contributed by atoms with E-state index in [1.807, 2.05) is 18.9 Å². The number of carbonyl (C=O) groups is 1. The van der Waals surface area contributed by atoms with E-state index in [-0.39, 0.29) is 5.91 Å². The Morgan fingerprint density at radius 2 is 2.07 bits per heavy atom. The number of carbonyl (C=O) groups excluding carboxylic acids is 1. The van der Waals surface area contributed by atoms with Gasteiger partial charge in [0, 0.05) is 26.7 Å². The normalized spacial score (nSPS) is 10.1. The lowest BCUT2D eigenvalue weighted by atomic mass is 10.3. The molecule has 1 aromatic rings. The first-order valence-electron chi connectivity index (χ1n) is 4.56. The highest BCUT2D eigenvalue weighted by atomic mass is 32.1. The summed E-state index contributed by atoms with van der Waals surface area (Å²) < 4.78 is 4.04. The van der Waals surface area contributed by atoms with Crippen molar-refractivity contribution in [2.75, 3.05) is 38.3 Å². The molecule has 0 saturated carbocycles. The second-order valence-corrected chi connectivity index (χ2v) is 4.39.